The van der Waals surface area contributed by atoms with E-state index >= 15 is 0 Å². The lowest BCUT2D eigenvalue weighted by molar-refractivity contribution is 0.891. The van der Waals surface area contributed by atoms with Crippen LogP contribution in [0.15, 0.2) is 12.8 Å². The molecule has 9 heavy (non-hydrogen) atoms. The second-order valence-corrected chi connectivity index (χ2v) is 1.37. The molecule has 6 radical (unpaired) electrons. The van der Waals surface area contributed by atoms with Crippen LogP contribution in [0, 0.1) is 0 Å². The van der Waals surface area contributed by atoms with E-state index in [0.29, 0.717) is 0 Å². The van der Waals surface area contributed by atoms with E-state index in [1.807, 2.05) is 0 Å². The predicted octanol–water partition coefficient (Wildman–Crippen LogP) is -2.15. The van der Waals surface area contributed by atoms with Crippen molar-refractivity contribution in [2.75, 3.05) is 0 Å². The summed E-state index contributed by atoms with van der Waals surface area (Å²) >= 11 is 0. The molecule has 1 aliphatic heterocycles. The molecule has 0 bridgehead atoms. The lowest BCUT2D eigenvalue weighted by atomic mass is 9.81. The van der Waals surface area contributed by atoms with Gasteiger partial charge in [0.2, 0.25) is 0 Å². The highest BCUT2D eigenvalue weighted by Crippen LogP contribution is 1.78. The quantitative estimate of drug-likeness (QED) is 0.381. The minimum Gasteiger partial charge on any atom is -0.448 e. The van der Waals surface area contributed by atoms with Gasteiger partial charge in [0, 0.05) is 8.41 Å². The highest BCUT2D eigenvalue weighted by Gasteiger charge is 2.08. The summed E-state index contributed by atoms with van der Waals surface area (Å²) in [5.41, 5.74) is 0. The molecule has 7 heteroatoms. The van der Waals surface area contributed by atoms with Gasteiger partial charge in [-0.2, -0.15) is 0 Å². The molecule has 0 amide bonds. The fourth-order valence-corrected chi connectivity index (χ4v) is 0.437. The lowest BCUT2D eigenvalue weighted by Gasteiger charge is -2.22. The third kappa shape index (κ3) is 2.67. The summed E-state index contributed by atoms with van der Waals surface area (Å²) in [6, 6.07) is 0. The summed E-state index contributed by atoms with van der Waals surface area (Å²) in [5, 5.41) is 5.70. The van der Waals surface area contributed by atoms with Crippen molar-refractivity contribution in [2.45, 2.75) is 0 Å². The van der Waals surface area contributed by atoms with Gasteiger partial charge in [-0.3, -0.25) is 0 Å². The van der Waals surface area contributed by atoms with Crippen LogP contribution in [0.5, 0.6) is 0 Å². The van der Waals surface area contributed by atoms with E-state index in [9.17, 15) is 0 Å². The molecule has 0 aromatic carbocycles. The summed E-state index contributed by atoms with van der Waals surface area (Å²) in [6.07, 6.45) is 1.69. The first-order chi connectivity index (χ1) is 3.93. The van der Waals surface area contributed by atoms with Crippen molar-refractivity contribution in [1.29, 1.82) is 0 Å². The lowest BCUT2D eigenvalue weighted by Crippen LogP contribution is -2.55. The van der Waals surface area contributed by atoms with E-state index in [2.05, 4.69) is 16.9 Å². The van der Waals surface area contributed by atoms with Gasteiger partial charge in [-0.25, -0.2) is 0 Å². The van der Waals surface area contributed by atoms with Crippen LogP contribution in [0.3, 0.4) is 0 Å². The van der Waals surface area contributed by atoms with Crippen molar-refractivity contribution in [3.63, 3.8) is 0 Å². The van der Waals surface area contributed by atoms with Crippen molar-refractivity contribution in [2.24, 2.45) is 0 Å². The second-order valence-electron chi connectivity index (χ2n) is 1.37. The predicted molar refractivity (Wildman–Crippen MR) is 41.3 cm³/mol. The highest BCUT2D eigenvalue weighted by atomic mass is 15.1. The molecule has 0 aliphatic carbocycles. The molecule has 1 heterocycles. The van der Waals surface area contributed by atoms with Gasteiger partial charge in [0.15, 0.2) is 0 Å². The van der Waals surface area contributed by atoms with Crippen LogP contribution in [0.4, 0.5) is 0 Å². The standard InChI is InChI=1S/C2H5B3N3.B/c1-2-8-4-6-3-7-5-8;/h2,6-7H,1H2;. The fourth-order valence-electron chi connectivity index (χ4n) is 0.437. The molecular formula is C2H5B4N3. The summed E-state index contributed by atoms with van der Waals surface area (Å²) in [7, 11) is 5.28. The van der Waals surface area contributed by atoms with Gasteiger partial charge in [0.05, 0.1) is 0 Å². The van der Waals surface area contributed by atoms with Crippen LogP contribution < -0.4 is 10.3 Å². The Balaban J connectivity index is 0.000000640. The summed E-state index contributed by atoms with van der Waals surface area (Å²) < 4.78 is 1.78. The molecule has 0 aromatic heterocycles. The van der Waals surface area contributed by atoms with Crippen LogP contribution in [0.2, 0.25) is 0 Å². The Labute approximate surface area is 59.7 Å². The molecule has 2 N–H and O–H groups in total. The number of hydrogen-bond donors (Lipinski definition) is 2. The zero-order valence-electron chi connectivity index (χ0n) is 5.04. The first-order valence-corrected chi connectivity index (χ1v) is 2.34. The second kappa shape index (κ2) is 4.58. The minimum atomic E-state index is 0. The maximum Gasteiger partial charge on any atom is 0.323 e. The molecule has 0 unspecified atom stereocenters. The Morgan fingerprint density at radius 2 is 1.89 bits per heavy atom. The Morgan fingerprint density at radius 3 is 2.22 bits per heavy atom. The maximum absolute atomic E-state index is 3.55. The van der Waals surface area contributed by atoms with Gasteiger partial charge in [0.1, 0.15) is 0 Å². The van der Waals surface area contributed by atoms with E-state index < -0.39 is 0 Å². The van der Waals surface area contributed by atoms with Crippen molar-refractivity contribution in [3.05, 3.63) is 12.8 Å². The molecular weight excluding hydrogens is 109 g/mol. The fraction of sp³-hybridized carbons (Fsp3) is 0. The molecule has 1 fully saturated rings. The molecule has 0 saturated carbocycles. The summed E-state index contributed by atoms with van der Waals surface area (Å²) in [4.78, 5) is 0. The molecule has 0 atom stereocenters. The van der Waals surface area contributed by atoms with Gasteiger partial charge in [-0.05, 0) is 6.20 Å². The van der Waals surface area contributed by atoms with Crippen molar-refractivity contribution < 1.29 is 0 Å². The first-order valence-electron chi connectivity index (χ1n) is 2.34. The average Bonchev–Trinajstić information content (AvgIpc) is 1.90. The number of nitrogens with zero attached hydrogens (tertiary/aromatic N) is 1. The number of nitrogens with one attached hydrogen (secondary N) is 2. The van der Waals surface area contributed by atoms with E-state index in [0.717, 1.165) is 0 Å². The van der Waals surface area contributed by atoms with Crippen LogP contribution in [-0.4, -0.2) is 35.8 Å². The van der Waals surface area contributed by atoms with Gasteiger partial charge in [0.25, 0.3) is 7.55 Å². The van der Waals surface area contributed by atoms with E-state index in [1.54, 1.807) is 33.6 Å². The van der Waals surface area contributed by atoms with Crippen LogP contribution in [-0.2, 0) is 0 Å². The van der Waals surface area contributed by atoms with Crippen LogP contribution >= 0.6 is 0 Å². The molecule has 1 aliphatic rings. The molecule has 3 nitrogen and oxygen atoms in total. The van der Waals surface area contributed by atoms with Crippen LogP contribution in [0.1, 0.15) is 0 Å². The summed E-state index contributed by atoms with van der Waals surface area (Å²) in [5.74, 6) is 0. The first kappa shape index (κ1) is 8.72. The van der Waals surface area contributed by atoms with Crippen molar-refractivity contribution in [3.8, 4) is 0 Å². The third-order valence-electron chi connectivity index (χ3n) is 0.825. The smallest absolute Gasteiger partial charge is 0.323 e. The molecule has 0 aromatic rings. The Kier molecular flexibility index (Phi) is 4.44. The van der Waals surface area contributed by atoms with Crippen molar-refractivity contribution in [1.82, 2.24) is 15.0 Å². The Bertz CT molecular complexity index is 81.9. The monoisotopic (exact) mass is 115 g/mol. The molecule has 1 rings (SSSR count). The van der Waals surface area contributed by atoms with E-state index in [-0.39, 0.29) is 8.41 Å². The van der Waals surface area contributed by atoms with E-state index in [1.165, 1.54) is 0 Å². The van der Waals surface area contributed by atoms with Crippen LogP contribution in [0.25, 0.3) is 0 Å². The largest absolute Gasteiger partial charge is 0.448 e. The van der Waals surface area contributed by atoms with E-state index in [4.69, 9.17) is 0 Å². The molecule has 40 valence electrons. The van der Waals surface area contributed by atoms with Gasteiger partial charge >= 0.3 is 15.1 Å². The SMILES string of the molecule is C=CN1[B]N[B]N[B]1.[B]. The van der Waals surface area contributed by atoms with Gasteiger partial charge in [-0.15, -0.1) is 0 Å². The van der Waals surface area contributed by atoms with Gasteiger partial charge in [-0.1, -0.05) is 6.58 Å². The Hall–Kier alpha value is -0.280. The molecule has 1 saturated heterocycles. The summed E-state index contributed by atoms with van der Waals surface area (Å²) in [6.45, 7) is 3.55. The maximum atomic E-state index is 3.55. The minimum absolute atomic E-state index is 0. The zero-order chi connectivity index (χ0) is 5.82. The number of rotatable bonds is 1. The zero-order valence-corrected chi connectivity index (χ0v) is 5.04. The third-order valence-corrected chi connectivity index (χ3v) is 0.825. The van der Waals surface area contributed by atoms with Gasteiger partial charge < -0.3 is 15.0 Å². The number of hydrogen-bond acceptors (Lipinski definition) is 3. The molecule has 0 spiro atoms. The average molecular weight is 114 g/mol. The topological polar surface area (TPSA) is 27.3 Å². The highest BCUT2D eigenvalue weighted by molar-refractivity contribution is 6.65. The Morgan fingerprint density at radius 1 is 1.33 bits per heavy atom. The normalized spacial score (nSPS) is 15.8. The van der Waals surface area contributed by atoms with Crippen molar-refractivity contribution >= 4 is 31.1 Å².